The standard InChI is InChI=1S/C19H14BrN5O.H2O/c20-14-7-5-13(6-8-14)18-24-16-4-2-10-22-19(16)25(18)12-17(26)23-15-3-1-9-21-11-15;/h1-11H,12H2,(H,23,26);1H2. The second kappa shape index (κ2) is 8.07. The van der Waals surface area contributed by atoms with Crippen LogP contribution in [0.3, 0.4) is 0 Å². The molecule has 0 atom stereocenters. The third kappa shape index (κ3) is 4.02. The number of anilines is 1. The summed E-state index contributed by atoms with van der Waals surface area (Å²) in [5, 5.41) is 2.85. The van der Waals surface area contributed by atoms with Crippen molar-refractivity contribution in [3.63, 3.8) is 0 Å². The number of nitrogens with zero attached hydrogens (tertiary/aromatic N) is 4. The molecule has 4 aromatic rings. The number of halogens is 1. The number of imidazole rings is 1. The number of rotatable bonds is 4. The molecule has 0 radical (unpaired) electrons. The van der Waals surface area contributed by atoms with Gasteiger partial charge in [0.05, 0.1) is 11.9 Å². The minimum atomic E-state index is -0.165. The fourth-order valence-electron chi connectivity index (χ4n) is 2.71. The summed E-state index contributed by atoms with van der Waals surface area (Å²) in [7, 11) is 0. The van der Waals surface area contributed by atoms with Gasteiger partial charge in [0.15, 0.2) is 5.65 Å². The van der Waals surface area contributed by atoms with E-state index in [-0.39, 0.29) is 17.9 Å². The van der Waals surface area contributed by atoms with Crippen LogP contribution in [0.2, 0.25) is 0 Å². The molecule has 0 saturated heterocycles. The average Bonchev–Trinajstić information content (AvgIpc) is 3.02. The molecule has 136 valence electrons. The van der Waals surface area contributed by atoms with Crippen molar-refractivity contribution < 1.29 is 10.3 Å². The number of carbonyl (C=O) groups is 1. The van der Waals surface area contributed by atoms with Crippen molar-refractivity contribution in [2.75, 3.05) is 5.32 Å². The highest BCUT2D eigenvalue weighted by molar-refractivity contribution is 9.10. The molecule has 0 fully saturated rings. The number of carbonyl (C=O) groups excluding carboxylic acids is 1. The summed E-state index contributed by atoms with van der Waals surface area (Å²) in [6.45, 7) is 0.105. The summed E-state index contributed by atoms with van der Waals surface area (Å²) in [5.74, 6) is 0.536. The van der Waals surface area contributed by atoms with Crippen LogP contribution in [-0.2, 0) is 11.3 Å². The van der Waals surface area contributed by atoms with Gasteiger partial charge in [-0.25, -0.2) is 9.97 Å². The second-order valence-electron chi connectivity index (χ2n) is 5.66. The highest BCUT2D eigenvalue weighted by Crippen LogP contribution is 2.25. The number of amides is 1. The average molecular weight is 426 g/mol. The number of fused-ring (bicyclic) bond motifs is 1. The van der Waals surface area contributed by atoms with Gasteiger partial charge in [-0.1, -0.05) is 28.1 Å². The molecule has 1 aromatic carbocycles. The Bertz CT molecular complexity index is 1060. The van der Waals surface area contributed by atoms with E-state index in [1.54, 1.807) is 30.7 Å². The highest BCUT2D eigenvalue weighted by atomic mass is 79.9. The first-order valence-electron chi connectivity index (χ1n) is 7.98. The fourth-order valence-corrected chi connectivity index (χ4v) is 2.97. The first-order chi connectivity index (χ1) is 12.7. The van der Waals surface area contributed by atoms with Gasteiger partial charge in [0.1, 0.15) is 17.9 Å². The molecule has 0 aliphatic rings. The molecular formula is C19H16BrN5O2. The molecule has 0 bridgehead atoms. The minimum Gasteiger partial charge on any atom is -0.412 e. The number of pyridine rings is 2. The van der Waals surface area contributed by atoms with Crippen molar-refractivity contribution >= 4 is 38.7 Å². The molecule has 0 aliphatic heterocycles. The summed E-state index contributed by atoms with van der Waals surface area (Å²) < 4.78 is 2.81. The third-order valence-electron chi connectivity index (χ3n) is 3.85. The molecule has 0 spiro atoms. The van der Waals surface area contributed by atoms with E-state index in [0.29, 0.717) is 17.2 Å². The van der Waals surface area contributed by atoms with Gasteiger partial charge >= 0.3 is 0 Å². The van der Waals surface area contributed by atoms with Gasteiger partial charge in [0, 0.05) is 22.4 Å². The van der Waals surface area contributed by atoms with Crippen LogP contribution in [0.1, 0.15) is 0 Å². The Balaban J connectivity index is 0.00000210. The normalized spacial score (nSPS) is 10.4. The molecule has 3 N–H and O–H groups in total. The van der Waals surface area contributed by atoms with E-state index >= 15 is 0 Å². The number of nitrogens with one attached hydrogen (secondary N) is 1. The topological polar surface area (TPSA) is 104 Å². The van der Waals surface area contributed by atoms with Crippen LogP contribution in [0.5, 0.6) is 0 Å². The monoisotopic (exact) mass is 425 g/mol. The van der Waals surface area contributed by atoms with Crippen LogP contribution in [0.25, 0.3) is 22.6 Å². The maximum Gasteiger partial charge on any atom is 0.244 e. The minimum absolute atomic E-state index is 0. The lowest BCUT2D eigenvalue weighted by molar-refractivity contribution is -0.116. The number of hydrogen-bond donors (Lipinski definition) is 1. The number of hydrogen-bond acceptors (Lipinski definition) is 4. The molecule has 27 heavy (non-hydrogen) atoms. The van der Waals surface area contributed by atoms with Gasteiger partial charge < -0.3 is 10.8 Å². The van der Waals surface area contributed by atoms with Crippen molar-refractivity contribution in [3.05, 3.63) is 71.6 Å². The molecule has 0 unspecified atom stereocenters. The first kappa shape index (κ1) is 18.7. The predicted molar refractivity (Wildman–Crippen MR) is 107 cm³/mol. The van der Waals surface area contributed by atoms with E-state index in [1.165, 1.54) is 0 Å². The fraction of sp³-hybridized carbons (Fsp3) is 0.0526. The highest BCUT2D eigenvalue weighted by Gasteiger charge is 2.16. The van der Waals surface area contributed by atoms with Crippen molar-refractivity contribution in [2.24, 2.45) is 0 Å². The molecule has 4 rings (SSSR count). The zero-order valence-electron chi connectivity index (χ0n) is 14.1. The zero-order valence-corrected chi connectivity index (χ0v) is 15.7. The Labute approximate surface area is 163 Å². The Morgan fingerprint density at radius 3 is 2.59 bits per heavy atom. The van der Waals surface area contributed by atoms with Crippen LogP contribution in [0.15, 0.2) is 71.6 Å². The third-order valence-corrected chi connectivity index (χ3v) is 4.38. The lowest BCUT2D eigenvalue weighted by Gasteiger charge is -2.09. The van der Waals surface area contributed by atoms with Crippen LogP contribution in [0, 0.1) is 0 Å². The molecule has 3 aromatic heterocycles. The van der Waals surface area contributed by atoms with Crippen molar-refractivity contribution in [2.45, 2.75) is 6.54 Å². The predicted octanol–water partition coefficient (Wildman–Crippen LogP) is 3.07. The Kier molecular flexibility index (Phi) is 5.58. The van der Waals surface area contributed by atoms with Gasteiger partial charge in [0.2, 0.25) is 5.91 Å². The first-order valence-corrected chi connectivity index (χ1v) is 8.77. The summed E-state index contributed by atoms with van der Waals surface area (Å²) in [6, 6.07) is 15.1. The Morgan fingerprint density at radius 1 is 1.07 bits per heavy atom. The van der Waals surface area contributed by atoms with Gasteiger partial charge in [-0.05, 0) is 36.4 Å². The van der Waals surface area contributed by atoms with E-state index in [0.717, 1.165) is 15.6 Å². The number of benzene rings is 1. The summed E-state index contributed by atoms with van der Waals surface area (Å²) in [4.78, 5) is 25.6. The van der Waals surface area contributed by atoms with Crippen molar-refractivity contribution in [3.8, 4) is 11.4 Å². The lowest BCUT2D eigenvalue weighted by atomic mass is 10.2. The van der Waals surface area contributed by atoms with Crippen LogP contribution in [-0.4, -0.2) is 30.9 Å². The van der Waals surface area contributed by atoms with Crippen molar-refractivity contribution in [1.29, 1.82) is 0 Å². The van der Waals surface area contributed by atoms with E-state index in [2.05, 4.69) is 36.2 Å². The van der Waals surface area contributed by atoms with Crippen LogP contribution in [0.4, 0.5) is 5.69 Å². The smallest absolute Gasteiger partial charge is 0.244 e. The van der Waals surface area contributed by atoms with E-state index in [9.17, 15) is 4.79 Å². The summed E-state index contributed by atoms with van der Waals surface area (Å²) in [6.07, 6.45) is 4.97. The van der Waals surface area contributed by atoms with Crippen molar-refractivity contribution in [1.82, 2.24) is 19.5 Å². The Morgan fingerprint density at radius 2 is 1.85 bits per heavy atom. The van der Waals surface area contributed by atoms with Gasteiger partial charge in [-0.3, -0.25) is 14.3 Å². The maximum atomic E-state index is 12.5. The lowest BCUT2D eigenvalue weighted by Crippen LogP contribution is -2.19. The van der Waals surface area contributed by atoms with E-state index in [4.69, 9.17) is 0 Å². The largest absolute Gasteiger partial charge is 0.412 e. The van der Waals surface area contributed by atoms with Gasteiger partial charge in [-0.2, -0.15) is 0 Å². The Hall–Kier alpha value is -3.10. The number of aromatic nitrogens is 4. The quantitative estimate of drug-likeness (QED) is 0.542. The van der Waals surface area contributed by atoms with Crippen LogP contribution >= 0.6 is 15.9 Å². The van der Waals surface area contributed by atoms with E-state index in [1.807, 2.05) is 41.0 Å². The molecule has 0 saturated carbocycles. The maximum absolute atomic E-state index is 12.5. The van der Waals surface area contributed by atoms with Gasteiger partial charge in [-0.15, -0.1) is 0 Å². The summed E-state index contributed by atoms with van der Waals surface area (Å²) in [5.41, 5.74) is 2.99. The SMILES string of the molecule is O.O=C(Cn1c(-c2ccc(Br)cc2)nc2cccnc21)Nc1cccnc1. The molecule has 7 nitrogen and oxygen atoms in total. The molecule has 3 heterocycles. The zero-order chi connectivity index (χ0) is 17.9. The second-order valence-corrected chi connectivity index (χ2v) is 6.58. The molecular weight excluding hydrogens is 410 g/mol. The molecule has 8 heteroatoms. The van der Waals surface area contributed by atoms with Gasteiger partial charge in [0.25, 0.3) is 0 Å². The van der Waals surface area contributed by atoms with Crippen LogP contribution < -0.4 is 5.32 Å². The molecule has 1 amide bonds. The summed E-state index contributed by atoms with van der Waals surface area (Å²) >= 11 is 3.44. The van der Waals surface area contributed by atoms with E-state index < -0.39 is 0 Å². The molecule has 0 aliphatic carbocycles.